The number of hydrogen-bond donors (Lipinski definition) is 2. The van der Waals surface area contributed by atoms with Crippen LogP contribution in [0, 0.1) is 0 Å². The van der Waals surface area contributed by atoms with E-state index in [1.54, 1.807) is 42.7 Å². The molecule has 0 saturated heterocycles. The molecule has 10 heteroatoms. The van der Waals surface area contributed by atoms with Crippen LogP contribution in [-0.2, 0) is 12.7 Å². The predicted octanol–water partition coefficient (Wildman–Crippen LogP) is 5.97. The Morgan fingerprint density at radius 3 is 2.21 bits per heavy atom. The minimum Gasteiger partial charge on any atom is -0.508 e. The summed E-state index contributed by atoms with van der Waals surface area (Å²) < 4.78 is 41.6. The van der Waals surface area contributed by atoms with Crippen LogP contribution in [-0.4, -0.2) is 31.1 Å². The highest BCUT2D eigenvalue weighted by atomic mass is 19.4. The number of carbonyl (C=O) groups excluding carboxylic acids is 1. The lowest BCUT2D eigenvalue weighted by atomic mass is 10.1. The maximum atomic E-state index is 13.9. The number of amides is 1. The van der Waals surface area contributed by atoms with Crippen molar-refractivity contribution in [3.05, 3.63) is 108 Å². The van der Waals surface area contributed by atoms with E-state index in [0.29, 0.717) is 16.8 Å². The van der Waals surface area contributed by atoms with Gasteiger partial charge in [0.2, 0.25) is 0 Å². The summed E-state index contributed by atoms with van der Waals surface area (Å²) in [7, 11) is 0. The molecule has 0 saturated carbocycles. The van der Waals surface area contributed by atoms with E-state index in [0.717, 1.165) is 6.07 Å². The second-order valence-electron chi connectivity index (χ2n) is 8.41. The molecule has 0 aliphatic rings. The van der Waals surface area contributed by atoms with Gasteiger partial charge in [-0.3, -0.25) is 9.78 Å². The highest BCUT2D eigenvalue weighted by Gasteiger charge is 2.37. The van der Waals surface area contributed by atoms with E-state index in [1.807, 2.05) is 0 Å². The Morgan fingerprint density at radius 2 is 1.58 bits per heavy atom. The number of carbonyl (C=O) groups is 1. The van der Waals surface area contributed by atoms with Crippen LogP contribution in [0.25, 0.3) is 22.3 Å². The molecule has 0 aliphatic heterocycles. The number of hydrogen-bond acceptors (Lipinski definition) is 6. The molecule has 0 atom stereocenters. The molecule has 2 heterocycles. The van der Waals surface area contributed by atoms with Gasteiger partial charge in [-0.15, -0.1) is 0 Å². The lowest BCUT2D eigenvalue weighted by molar-refractivity contribution is -0.140. The fraction of sp³-hybridized carbons (Fsp3) is 0.0714. The van der Waals surface area contributed by atoms with Crippen LogP contribution in [0.1, 0.15) is 21.6 Å². The van der Waals surface area contributed by atoms with E-state index >= 15 is 0 Å². The largest absolute Gasteiger partial charge is 0.508 e. The third-order valence-electron chi connectivity index (χ3n) is 5.81. The van der Waals surface area contributed by atoms with Crippen molar-refractivity contribution in [1.29, 1.82) is 0 Å². The molecule has 5 aromatic rings. The van der Waals surface area contributed by atoms with Crippen LogP contribution < -0.4 is 4.90 Å². The van der Waals surface area contributed by atoms with Gasteiger partial charge in [-0.2, -0.15) is 13.2 Å². The molecule has 0 unspecified atom stereocenters. The standard InChI is InChI=1S/C28H19F3N4O3/c29-28(30,31)26-25(33-22-5-1-2-6-23(22)34-26)18-7-9-19(10-8-18)35(16-17-4-3-13-32-15-17)27(38)21-12-11-20(36)14-24(21)37/h1-15,36-37H,16H2. The zero-order valence-corrected chi connectivity index (χ0v) is 19.6. The zero-order chi connectivity index (χ0) is 26.9. The molecule has 38 heavy (non-hydrogen) atoms. The van der Waals surface area contributed by atoms with Crippen molar-refractivity contribution < 1.29 is 28.2 Å². The highest BCUT2D eigenvalue weighted by Crippen LogP contribution is 2.37. The average Bonchev–Trinajstić information content (AvgIpc) is 2.91. The molecule has 0 aliphatic carbocycles. The number of phenolic OH excluding ortho intramolecular Hbond substituents is 2. The topological polar surface area (TPSA) is 99.4 Å². The molecule has 7 nitrogen and oxygen atoms in total. The fourth-order valence-electron chi connectivity index (χ4n) is 4.00. The molecule has 190 valence electrons. The van der Waals surface area contributed by atoms with Crippen LogP contribution in [0.2, 0.25) is 0 Å². The first-order chi connectivity index (χ1) is 18.2. The zero-order valence-electron chi connectivity index (χ0n) is 19.6. The summed E-state index contributed by atoms with van der Waals surface area (Å²) in [5, 5.41) is 19.9. The number of anilines is 1. The number of para-hydroxylation sites is 2. The first-order valence-electron chi connectivity index (χ1n) is 11.4. The SMILES string of the molecule is O=C(c1ccc(O)cc1O)N(Cc1cccnc1)c1ccc(-c2nc3ccccc3nc2C(F)(F)F)cc1. The number of alkyl halides is 3. The minimum absolute atomic E-state index is 0.0597. The number of rotatable bonds is 5. The summed E-state index contributed by atoms with van der Waals surface area (Å²) in [5.74, 6) is -1.20. The van der Waals surface area contributed by atoms with Gasteiger partial charge in [0.25, 0.3) is 5.91 Å². The van der Waals surface area contributed by atoms with E-state index in [4.69, 9.17) is 0 Å². The lowest BCUT2D eigenvalue weighted by Crippen LogP contribution is -2.30. The number of nitrogens with zero attached hydrogens (tertiary/aromatic N) is 4. The quantitative estimate of drug-likeness (QED) is 0.299. The Balaban J connectivity index is 1.57. The third-order valence-corrected chi connectivity index (χ3v) is 5.81. The summed E-state index contributed by atoms with van der Waals surface area (Å²) in [4.78, 5) is 26.9. The van der Waals surface area contributed by atoms with E-state index in [9.17, 15) is 28.2 Å². The van der Waals surface area contributed by atoms with Crippen molar-refractivity contribution in [2.45, 2.75) is 12.7 Å². The van der Waals surface area contributed by atoms with Crippen LogP contribution in [0.15, 0.2) is 91.3 Å². The van der Waals surface area contributed by atoms with Crippen molar-refractivity contribution in [3.63, 3.8) is 0 Å². The Kier molecular flexibility index (Phi) is 6.38. The molecule has 0 radical (unpaired) electrons. The summed E-state index contributed by atoms with van der Waals surface area (Å²) >= 11 is 0. The van der Waals surface area contributed by atoms with Crippen molar-refractivity contribution in [3.8, 4) is 22.8 Å². The minimum atomic E-state index is -4.73. The van der Waals surface area contributed by atoms with Crippen LogP contribution in [0.5, 0.6) is 11.5 Å². The number of fused-ring (bicyclic) bond motifs is 1. The van der Waals surface area contributed by atoms with Gasteiger partial charge >= 0.3 is 6.18 Å². The lowest BCUT2D eigenvalue weighted by Gasteiger charge is -2.24. The van der Waals surface area contributed by atoms with E-state index in [1.165, 1.54) is 47.4 Å². The molecule has 2 N–H and O–H groups in total. The smallest absolute Gasteiger partial charge is 0.435 e. The molecular weight excluding hydrogens is 497 g/mol. The van der Waals surface area contributed by atoms with Crippen molar-refractivity contribution in [2.24, 2.45) is 0 Å². The van der Waals surface area contributed by atoms with Gasteiger partial charge in [0, 0.05) is 29.7 Å². The molecule has 0 fully saturated rings. The van der Waals surface area contributed by atoms with E-state index in [2.05, 4.69) is 15.0 Å². The van der Waals surface area contributed by atoms with Crippen LogP contribution in [0.4, 0.5) is 18.9 Å². The summed E-state index contributed by atoms with van der Waals surface area (Å²) in [6.45, 7) is 0.0654. The molecule has 3 aromatic carbocycles. The molecular formula is C28H19F3N4O3. The maximum absolute atomic E-state index is 13.9. The number of aromatic nitrogens is 3. The van der Waals surface area contributed by atoms with Crippen molar-refractivity contribution >= 4 is 22.6 Å². The molecule has 5 rings (SSSR count). The van der Waals surface area contributed by atoms with Gasteiger partial charge in [0.15, 0.2) is 5.69 Å². The Labute approximate surface area is 214 Å². The second kappa shape index (κ2) is 9.81. The number of benzene rings is 3. The molecule has 0 bridgehead atoms. The molecule has 0 spiro atoms. The van der Waals surface area contributed by atoms with Crippen molar-refractivity contribution in [1.82, 2.24) is 15.0 Å². The summed E-state index contributed by atoms with van der Waals surface area (Å²) in [6, 6.07) is 19.2. The molecule has 2 aromatic heterocycles. The first-order valence-corrected chi connectivity index (χ1v) is 11.4. The Bertz CT molecular complexity index is 1630. The maximum Gasteiger partial charge on any atom is 0.435 e. The normalized spacial score (nSPS) is 11.4. The second-order valence-corrected chi connectivity index (χ2v) is 8.41. The number of pyridine rings is 1. The van der Waals surface area contributed by atoms with E-state index in [-0.39, 0.29) is 34.6 Å². The number of aromatic hydroxyl groups is 2. The van der Waals surface area contributed by atoms with Crippen LogP contribution in [0.3, 0.4) is 0 Å². The highest BCUT2D eigenvalue weighted by molar-refractivity contribution is 6.08. The number of halogens is 3. The Morgan fingerprint density at radius 1 is 0.868 bits per heavy atom. The summed E-state index contributed by atoms with van der Waals surface area (Å²) in [5.41, 5.74) is 0.152. The van der Waals surface area contributed by atoms with Gasteiger partial charge in [-0.05, 0) is 48.0 Å². The van der Waals surface area contributed by atoms with Crippen molar-refractivity contribution in [2.75, 3.05) is 4.90 Å². The van der Waals surface area contributed by atoms with Gasteiger partial charge in [-0.25, -0.2) is 9.97 Å². The summed E-state index contributed by atoms with van der Waals surface area (Å²) in [6.07, 6.45) is -1.57. The number of phenols is 2. The molecule has 1 amide bonds. The fourth-order valence-corrected chi connectivity index (χ4v) is 4.00. The third kappa shape index (κ3) is 4.96. The average molecular weight is 516 g/mol. The predicted molar refractivity (Wildman–Crippen MR) is 134 cm³/mol. The van der Waals surface area contributed by atoms with Crippen LogP contribution >= 0.6 is 0 Å². The Hall–Kier alpha value is -4.99. The first kappa shape index (κ1) is 24.7. The van der Waals surface area contributed by atoms with Gasteiger partial charge in [0.05, 0.1) is 23.1 Å². The van der Waals surface area contributed by atoms with E-state index < -0.39 is 23.5 Å². The van der Waals surface area contributed by atoms with Gasteiger partial charge < -0.3 is 15.1 Å². The van der Waals surface area contributed by atoms with Gasteiger partial charge in [-0.1, -0.05) is 30.3 Å². The monoisotopic (exact) mass is 516 g/mol. The van der Waals surface area contributed by atoms with Gasteiger partial charge in [0.1, 0.15) is 17.2 Å².